The van der Waals surface area contributed by atoms with Crippen LogP contribution < -0.4 is 9.47 Å². The number of methoxy groups -OCH3 is 2. The van der Waals surface area contributed by atoms with Crippen LogP contribution in [0.2, 0.25) is 0 Å². The van der Waals surface area contributed by atoms with Gasteiger partial charge >= 0.3 is 5.97 Å². The summed E-state index contributed by atoms with van der Waals surface area (Å²) in [6, 6.07) is 15.3. The molecule has 3 aromatic rings. The SMILES string of the molecule is CCCCc1ncc(/C=C(\Cc2ccc(OC)cc2)C(=O)O)n1Cc1cccc(OC)c1. The van der Waals surface area contributed by atoms with Crippen LogP contribution in [0.25, 0.3) is 6.08 Å². The maximum atomic E-state index is 12.0. The summed E-state index contributed by atoms with van der Waals surface area (Å²) in [5, 5.41) is 9.85. The first-order valence-corrected chi connectivity index (χ1v) is 10.8. The summed E-state index contributed by atoms with van der Waals surface area (Å²) in [6.45, 7) is 2.74. The number of unbranched alkanes of at least 4 members (excludes halogenated alkanes) is 1. The minimum absolute atomic E-state index is 0.309. The molecule has 0 radical (unpaired) electrons. The molecule has 0 amide bonds. The Kier molecular flexibility index (Phi) is 8.08. The highest BCUT2D eigenvalue weighted by Crippen LogP contribution is 2.21. The normalized spacial score (nSPS) is 11.4. The molecule has 1 heterocycles. The van der Waals surface area contributed by atoms with Crippen LogP contribution in [-0.4, -0.2) is 34.8 Å². The first-order chi connectivity index (χ1) is 15.5. The van der Waals surface area contributed by atoms with Gasteiger partial charge in [0.15, 0.2) is 0 Å². The third kappa shape index (κ3) is 6.00. The Labute approximate surface area is 189 Å². The van der Waals surface area contributed by atoms with Gasteiger partial charge in [-0.3, -0.25) is 0 Å². The second-order valence-electron chi connectivity index (χ2n) is 7.64. The molecule has 0 aliphatic carbocycles. The van der Waals surface area contributed by atoms with Crippen molar-refractivity contribution in [1.82, 2.24) is 9.55 Å². The lowest BCUT2D eigenvalue weighted by Gasteiger charge is -2.12. The Balaban J connectivity index is 1.94. The minimum atomic E-state index is -0.940. The number of benzene rings is 2. The summed E-state index contributed by atoms with van der Waals surface area (Å²) in [7, 11) is 3.26. The number of carboxylic acids is 1. The van der Waals surface area contributed by atoms with Crippen molar-refractivity contribution in [3.63, 3.8) is 0 Å². The van der Waals surface area contributed by atoms with Gasteiger partial charge in [-0.1, -0.05) is 37.6 Å². The van der Waals surface area contributed by atoms with Gasteiger partial charge in [-0.2, -0.15) is 0 Å². The maximum Gasteiger partial charge on any atom is 0.331 e. The van der Waals surface area contributed by atoms with Crippen molar-refractivity contribution in [3.8, 4) is 11.5 Å². The zero-order valence-corrected chi connectivity index (χ0v) is 18.9. The van der Waals surface area contributed by atoms with Crippen LogP contribution in [0.5, 0.6) is 11.5 Å². The molecule has 6 heteroatoms. The number of hydrogen-bond donors (Lipinski definition) is 1. The van der Waals surface area contributed by atoms with E-state index in [1.54, 1.807) is 26.5 Å². The fourth-order valence-corrected chi connectivity index (χ4v) is 3.54. The number of nitrogens with zero attached hydrogens (tertiary/aromatic N) is 2. The van der Waals surface area contributed by atoms with Crippen molar-refractivity contribution in [3.05, 3.63) is 82.9 Å². The number of imidazole rings is 1. The Morgan fingerprint density at radius 1 is 1.06 bits per heavy atom. The number of rotatable bonds is 11. The standard InChI is InChI=1S/C26H30N2O4/c1-4-5-9-25-27-17-22(28(25)18-20-7-6-8-24(15-20)32-3)16-21(26(29)30)14-19-10-12-23(31-2)13-11-19/h6-8,10-13,15-17H,4-5,9,14,18H2,1-3H3,(H,29,30)/b21-16+. The molecule has 0 unspecified atom stereocenters. The molecule has 2 aromatic carbocycles. The van der Waals surface area contributed by atoms with Gasteiger partial charge < -0.3 is 19.1 Å². The van der Waals surface area contributed by atoms with Crippen LogP contribution in [-0.2, 0) is 24.2 Å². The molecule has 168 valence electrons. The largest absolute Gasteiger partial charge is 0.497 e. The zero-order chi connectivity index (χ0) is 22.9. The van der Waals surface area contributed by atoms with E-state index in [9.17, 15) is 9.90 Å². The third-order valence-electron chi connectivity index (χ3n) is 5.35. The van der Waals surface area contributed by atoms with Crippen molar-refractivity contribution in [1.29, 1.82) is 0 Å². The predicted octanol–water partition coefficient (Wildman–Crippen LogP) is 5.00. The van der Waals surface area contributed by atoms with Crippen molar-refractivity contribution in [2.45, 2.75) is 39.2 Å². The number of carboxylic acid groups (broad SMARTS) is 1. The molecule has 6 nitrogen and oxygen atoms in total. The third-order valence-corrected chi connectivity index (χ3v) is 5.35. The second-order valence-corrected chi connectivity index (χ2v) is 7.64. The average molecular weight is 435 g/mol. The van der Waals surface area contributed by atoms with E-state index in [-0.39, 0.29) is 0 Å². The zero-order valence-electron chi connectivity index (χ0n) is 18.9. The molecule has 0 saturated carbocycles. The van der Waals surface area contributed by atoms with Gasteiger partial charge in [0, 0.05) is 25.0 Å². The average Bonchev–Trinajstić information content (AvgIpc) is 3.18. The summed E-state index contributed by atoms with van der Waals surface area (Å²) in [5.41, 5.74) is 3.07. The van der Waals surface area contributed by atoms with E-state index in [2.05, 4.69) is 16.5 Å². The smallest absolute Gasteiger partial charge is 0.331 e. The predicted molar refractivity (Wildman–Crippen MR) is 125 cm³/mol. The van der Waals surface area contributed by atoms with E-state index >= 15 is 0 Å². The van der Waals surface area contributed by atoms with Gasteiger partial charge in [-0.15, -0.1) is 0 Å². The van der Waals surface area contributed by atoms with Gasteiger partial charge in [-0.05, 0) is 47.9 Å². The van der Waals surface area contributed by atoms with E-state index in [0.717, 1.165) is 53.4 Å². The molecule has 0 aliphatic rings. The fourth-order valence-electron chi connectivity index (χ4n) is 3.54. The van der Waals surface area contributed by atoms with E-state index in [1.165, 1.54) is 0 Å². The number of aromatic nitrogens is 2. The quantitative estimate of drug-likeness (QED) is 0.430. The van der Waals surface area contributed by atoms with Gasteiger partial charge in [0.25, 0.3) is 0 Å². The summed E-state index contributed by atoms with van der Waals surface area (Å²) < 4.78 is 12.6. The Bertz CT molecular complexity index is 1070. The molecular formula is C26H30N2O4. The molecular weight excluding hydrogens is 404 g/mol. The summed E-state index contributed by atoms with van der Waals surface area (Å²) in [4.78, 5) is 16.6. The topological polar surface area (TPSA) is 73.6 Å². The number of hydrogen-bond acceptors (Lipinski definition) is 4. The monoisotopic (exact) mass is 434 g/mol. The molecule has 1 N–H and O–H groups in total. The van der Waals surface area contributed by atoms with Crippen molar-refractivity contribution in [2.75, 3.05) is 14.2 Å². The number of ether oxygens (including phenoxy) is 2. The van der Waals surface area contributed by atoms with Gasteiger partial charge in [0.2, 0.25) is 0 Å². The lowest BCUT2D eigenvalue weighted by Crippen LogP contribution is -2.09. The molecule has 0 spiro atoms. The second kappa shape index (κ2) is 11.2. The molecule has 32 heavy (non-hydrogen) atoms. The molecule has 0 atom stereocenters. The Hall–Kier alpha value is -3.54. The van der Waals surface area contributed by atoms with Crippen molar-refractivity contribution in [2.24, 2.45) is 0 Å². The molecule has 0 saturated heterocycles. The van der Waals surface area contributed by atoms with Crippen molar-refractivity contribution < 1.29 is 19.4 Å². The van der Waals surface area contributed by atoms with E-state index < -0.39 is 5.97 Å². The van der Waals surface area contributed by atoms with Gasteiger partial charge in [-0.25, -0.2) is 9.78 Å². The molecule has 0 bridgehead atoms. The van der Waals surface area contributed by atoms with E-state index in [1.807, 2.05) is 48.5 Å². The van der Waals surface area contributed by atoms with Crippen LogP contribution >= 0.6 is 0 Å². The van der Waals surface area contributed by atoms with Gasteiger partial charge in [0.05, 0.1) is 26.1 Å². The number of aliphatic carboxylic acids is 1. The van der Waals surface area contributed by atoms with Crippen LogP contribution in [0.1, 0.15) is 42.4 Å². The summed E-state index contributed by atoms with van der Waals surface area (Å²) in [6.07, 6.45) is 6.74. The van der Waals surface area contributed by atoms with E-state index in [4.69, 9.17) is 9.47 Å². The molecule has 0 aliphatic heterocycles. The number of aryl methyl sites for hydroxylation is 1. The lowest BCUT2D eigenvalue weighted by molar-refractivity contribution is -0.132. The highest BCUT2D eigenvalue weighted by Gasteiger charge is 2.14. The van der Waals surface area contributed by atoms with Crippen LogP contribution in [0, 0.1) is 0 Å². The summed E-state index contributed by atoms with van der Waals surface area (Å²) in [5.74, 6) is 1.55. The number of carbonyl (C=O) groups is 1. The first-order valence-electron chi connectivity index (χ1n) is 10.8. The van der Waals surface area contributed by atoms with Crippen LogP contribution in [0.15, 0.2) is 60.3 Å². The molecule has 0 fully saturated rings. The first kappa shape index (κ1) is 23.1. The highest BCUT2D eigenvalue weighted by atomic mass is 16.5. The maximum absolute atomic E-state index is 12.0. The Morgan fingerprint density at radius 3 is 2.47 bits per heavy atom. The van der Waals surface area contributed by atoms with Crippen LogP contribution in [0.3, 0.4) is 0 Å². The van der Waals surface area contributed by atoms with Crippen molar-refractivity contribution >= 4 is 12.0 Å². The Morgan fingerprint density at radius 2 is 1.81 bits per heavy atom. The van der Waals surface area contributed by atoms with Gasteiger partial charge in [0.1, 0.15) is 17.3 Å². The minimum Gasteiger partial charge on any atom is -0.497 e. The molecule has 3 rings (SSSR count). The van der Waals surface area contributed by atoms with E-state index in [0.29, 0.717) is 18.5 Å². The fraction of sp³-hybridized carbons (Fsp3) is 0.308. The highest BCUT2D eigenvalue weighted by molar-refractivity contribution is 5.92. The lowest BCUT2D eigenvalue weighted by atomic mass is 10.0. The molecule has 1 aromatic heterocycles. The summed E-state index contributed by atoms with van der Waals surface area (Å²) >= 11 is 0. The van der Waals surface area contributed by atoms with Crippen LogP contribution in [0.4, 0.5) is 0 Å².